The van der Waals surface area contributed by atoms with Crippen molar-refractivity contribution in [2.45, 2.75) is 13.5 Å². The summed E-state index contributed by atoms with van der Waals surface area (Å²) in [4.78, 5) is 11.8. The summed E-state index contributed by atoms with van der Waals surface area (Å²) in [6.45, 7) is 2.40. The van der Waals surface area contributed by atoms with E-state index in [9.17, 15) is 0 Å². The number of rotatable bonds is 5. The van der Waals surface area contributed by atoms with Gasteiger partial charge >= 0.3 is 12.0 Å². The van der Waals surface area contributed by atoms with Crippen LogP contribution in [0.4, 0.5) is 0 Å². The van der Waals surface area contributed by atoms with Crippen LogP contribution in [-0.4, -0.2) is 22.1 Å². The smallest absolute Gasteiger partial charge is 0.324 e. The summed E-state index contributed by atoms with van der Waals surface area (Å²) in [7, 11) is 1.46. The Morgan fingerprint density at radius 1 is 0.917 bits per heavy atom. The summed E-state index contributed by atoms with van der Waals surface area (Å²) in [5, 5.41) is 0.0339. The van der Waals surface area contributed by atoms with Gasteiger partial charge in [0.25, 0.3) is 0 Å². The third-order valence-corrected chi connectivity index (χ3v) is 3.81. The SMILES string of the molecule is COc1nc(Cl)nc(OCc2cccc(-c3ccccc3)c2C)n1. The topological polar surface area (TPSA) is 57.1 Å². The summed E-state index contributed by atoms with van der Waals surface area (Å²) in [6, 6.07) is 16.6. The molecule has 3 rings (SSSR count). The second kappa shape index (κ2) is 7.27. The van der Waals surface area contributed by atoms with Crippen molar-refractivity contribution in [3.05, 3.63) is 64.9 Å². The van der Waals surface area contributed by atoms with E-state index >= 15 is 0 Å². The number of benzene rings is 2. The standard InChI is InChI=1S/C18H16ClN3O2/c1-12-14(9-6-10-15(12)13-7-4-3-5-8-13)11-24-18-21-16(19)20-17(22-18)23-2/h3-10H,11H2,1-2H3. The van der Waals surface area contributed by atoms with Gasteiger partial charge in [-0.05, 0) is 40.8 Å². The van der Waals surface area contributed by atoms with Gasteiger partial charge in [-0.15, -0.1) is 4.98 Å². The van der Waals surface area contributed by atoms with Crippen LogP contribution in [0.15, 0.2) is 48.5 Å². The van der Waals surface area contributed by atoms with E-state index in [0.717, 1.165) is 11.1 Å². The van der Waals surface area contributed by atoms with E-state index in [1.807, 2.05) is 30.3 Å². The van der Waals surface area contributed by atoms with Crippen LogP contribution in [0.25, 0.3) is 11.1 Å². The van der Waals surface area contributed by atoms with Gasteiger partial charge in [0.15, 0.2) is 0 Å². The van der Waals surface area contributed by atoms with Crippen LogP contribution in [-0.2, 0) is 6.61 Å². The van der Waals surface area contributed by atoms with E-state index in [4.69, 9.17) is 21.1 Å². The zero-order valence-electron chi connectivity index (χ0n) is 13.4. The van der Waals surface area contributed by atoms with Crippen molar-refractivity contribution < 1.29 is 9.47 Å². The Labute approximate surface area is 145 Å². The van der Waals surface area contributed by atoms with Gasteiger partial charge in [-0.3, -0.25) is 0 Å². The Balaban J connectivity index is 1.83. The molecule has 0 bridgehead atoms. The molecule has 24 heavy (non-hydrogen) atoms. The Morgan fingerprint density at radius 3 is 2.42 bits per heavy atom. The van der Waals surface area contributed by atoms with Gasteiger partial charge in [0.05, 0.1) is 7.11 Å². The number of hydrogen-bond acceptors (Lipinski definition) is 5. The van der Waals surface area contributed by atoms with Gasteiger partial charge in [-0.2, -0.15) is 9.97 Å². The van der Waals surface area contributed by atoms with Gasteiger partial charge in [0, 0.05) is 0 Å². The van der Waals surface area contributed by atoms with Crippen molar-refractivity contribution in [2.24, 2.45) is 0 Å². The molecule has 0 fully saturated rings. The van der Waals surface area contributed by atoms with Crippen LogP contribution in [0.3, 0.4) is 0 Å². The molecule has 0 aliphatic carbocycles. The van der Waals surface area contributed by atoms with E-state index in [0.29, 0.717) is 6.61 Å². The lowest BCUT2D eigenvalue weighted by molar-refractivity contribution is 0.269. The molecule has 0 aliphatic heterocycles. The van der Waals surface area contributed by atoms with E-state index in [1.165, 1.54) is 18.2 Å². The Hall–Kier alpha value is -2.66. The predicted octanol–water partition coefficient (Wildman–Crippen LogP) is 4.09. The molecule has 6 heteroatoms. The summed E-state index contributed by atoms with van der Waals surface area (Å²) in [5.41, 5.74) is 4.53. The maximum Gasteiger partial charge on any atom is 0.324 e. The zero-order chi connectivity index (χ0) is 16.9. The number of methoxy groups -OCH3 is 1. The van der Waals surface area contributed by atoms with Gasteiger partial charge in [-0.25, -0.2) is 0 Å². The molecule has 0 amide bonds. The minimum absolute atomic E-state index is 0.0339. The maximum atomic E-state index is 5.82. The molecule has 3 aromatic rings. The molecule has 1 heterocycles. The van der Waals surface area contributed by atoms with Crippen molar-refractivity contribution in [2.75, 3.05) is 7.11 Å². The molecule has 0 radical (unpaired) electrons. The lowest BCUT2D eigenvalue weighted by Crippen LogP contribution is -2.04. The molecule has 5 nitrogen and oxygen atoms in total. The van der Waals surface area contributed by atoms with Gasteiger partial charge in [-0.1, -0.05) is 48.5 Å². The van der Waals surface area contributed by atoms with E-state index < -0.39 is 0 Å². The number of halogens is 1. The highest BCUT2D eigenvalue weighted by Gasteiger charge is 2.09. The number of aromatic nitrogens is 3. The second-order valence-corrected chi connectivity index (χ2v) is 5.46. The van der Waals surface area contributed by atoms with Gasteiger partial charge in [0.1, 0.15) is 6.61 Å². The van der Waals surface area contributed by atoms with Gasteiger partial charge < -0.3 is 9.47 Å². The van der Waals surface area contributed by atoms with Crippen molar-refractivity contribution >= 4 is 11.6 Å². The highest BCUT2D eigenvalue weighted by atomic mass is 35.5. The molecule has 0 N–H and O–H groups in total. The van der Waals surface area contributed by atoms with Crippen LogP contribution in [0.2, 0.25) is 5.28 Å². The predicted molar refractivity (Wildman–Crippen MR) is 92.3 cm³/mol. The molecule has 0 spiro atoms. The molecular weight excluding hydrogens is 326 g/mol. The van der Waals surface area contributed by atoms with Crippen molar-refractivity contribution in [1.29, 1.82) is 0 Å². The fourth-order valence-corrected chi connectivity index (χ4v) is 2.53. The highest BCUT2D eigenvalue weighted by molar-refractivity contribution is 6.28. The first-order chi connectivity index (χ1) is 11.7. The molecule has 0 saturated heterocycles. The molecule has 122 valence electrons. The Bertz CT molecular complexity index is 841. The van der Waals surface area contributed by atoms with Crippen LogP contribution >= 0.6 is 11.6 Å². The molecule has 2 aromatic carbocycles. The normalized spacial score (nSPS) is 10.5. The average Bonchev–Trinajstić information content (AvgIpc) is 2.61. The minimum Gasteiger partial charge on any atom is -0.467 e. The van der Waals surface area contributed by atoms with E-state index in [2.05, 4.69) is 40.1 Å². The lowest BCUT2D eigenvalue weighted by atomic mass is 9.97. The fourth-order valence-electron chi connectivity index (χ4n) is 2.38. The molecular formula is C18H16ClN3O2. The number of hydrogen-bond donors (Lipinski definition) is 0. The quantitative estimate of drug-likeness (QED) is 0.699. The first-order valence-corrected chi connectivity index (χ1v) is 7.77. The Kier molecular flexibility index (Phi) is 4.91. The van der Waals surface area contributed by atoms with E-state index in [1.54, 1.807) is 0 Å². The van der Waals surface area contributed by atoms with Gasteiger partial charge in [0.2, 0.25) is 5.28 Å². The van der Waals surface area contributed by atoms with Crippen molar-refractivity contribution in [1.82, 2.24) is 15.0 Å². The lowest BCUT2D eigenvalue weighted by Gasteiger charge is -2.12. The third kappa shape index (κ3) is 3.63. The third-order valence-electron chi connectivity index (χ3n) is 3.64. The maximum absolute atomic E-state index is 5.82. The largest absolute Gasteiger partial charge is 0.467 e. The zero-order valence-corrected chi connectivity index (χ0v) is 14.1. The van der Waals surface area contributed by atoms with E-state index in [-0.39, 0.29) is 17.3 Å². The molecule has 1 aromatic heterocycles. The number of ether oxygens (including phenoxy) is 2. The van der Waals surface area contributed by atoms with Crippen molar-refractivity contribution in [3.8, 4) is 23.1 Å². The van der Waals surface area contributed by atoms with Crippen LogP contribution in [0.5, 0.6) is 12.0 Å². The first kappa shape index (κ1) is 16.2. The monoisotopic (exact) mass is 341 g/mol. The average molecular weight is 342 g/mol. The molecule has 0 unspecified atom stereocenters. The first-order valence-electron chi connectivity index (χ1n) is 7.39. The molecule has 0 saturated carbocycles. The van der Waals surface area contributed by atoms with Crippen LogP contribution in [0, 0.1) is 6.92 Å². The highest BCUT2D eigenvalue weighted by Crippen LogP contribution is 2.26. The minimum atomic E-state index is 0.0339. The molecule has 0 atom stereocenters. The van der Waals surface area contributed by atoms with Crippen LogP contribution in [0.1, 0.15) is 11.1 Å². The van der Waals surface area contributed by atoms with Crippen LogP contribution < -0.4 is 9.47 Å². The number of nitrogens with zero attached hydrogens (tertiary/aromatic N) is 3. The summed E-state index contributed by atoms with van der Waals surface area (Å²) >= 11 is 5.82. The summed E-state index contributed by atoms with van der Waals surface area (Å²) < 4.78 is 10.6. The fraction of sp³-hybridized carbons (Fsp3) is 0.167. The molecule has 0 aliphatic rings. The Morgan fingerprint density at radius 2 is 1.67 bits per heavy atom. The summed E-state index contributed by atoms with van der Waals surface area (Å²) in [5.74, 6) is 0. The summed E-state index contributed by atoms with van der Waals surface area (Å²) in [6.07, 6.45) is 0. The van der Waals surface area contributed by atoms with Crippen molar-refractivity contribution in [3.63, 3.8) is 0 Å². The second-order valence-electron chi connectivity index (χ2n) is 5.12.